The van der Waals surface area contributed by atoms with E-state index in [1.807, 2.05) is 20.8 Å². The molecule has 0 saturated carbocycles. The van der Waals surface area contributed by atoms with Gasteiger partial charge in [-0.25, -0.2) is 4.79 Å². The molecule has 0 aliphatic carbocycles. The molecule has 0 aromatic rings. The van der Waals surface area contributed by atoms with Gasteiger partial charge in [-0.05, 0) is 34.1 Å². The second-order valence-electron chi connectivity index (χ2n) is 6.69. The van der Waals surface area contributed by atoms with E-state index in [9.17, 15) is 4.79 Å². The fourth-order valence-electron chi connectivity index (χ4n) is 2.74. The maximum absolute atomic E-state index is 12.1. The lowest BCUT2D eigenvalue weighted by Gasteiger charge is -2.44. The lowest BCUT2D eigenvalue weighted by Crippen LogP contribution is -2.60. The van der Waals surface area contributed by atoms with Crippen molar-refractivity contribution in [2.24, 2.45) is 5.73 Å². The Hall–Kier alpha value is -0.810. The molecule has 5 nitrogen and oxygen atoms in total. The van der Waals surface area contributed by atoms with Crippen LogP contribution in [0.25, 0.3) is 0 Å². The molecule has 1 rings (SSSR count). The molecule has 118 valence electrons. The summed E-state index contributed by atoms with van der Waals surface area (Å²) >= 11 is 0. The molecule has 1 fully saturated rings. The minimum absolute atomic E-state index is 0.223. The van der Waals surface area contributed by atoms with E-state index in [1.54, 1.807) is 4.90 Å². The van der Waals surface area contributed by atoms with E-state index >= 15 is 0 Å². The molecule has 2 unspecified atom stereocenters. The molecule has 1 amide bonds. The van der Waals surface area contributed by atoms with Crippen molar-refractivity contribution < 1.29 is 9.53 Å². The lowest BCUT2D eigenvalue weighted by atomic mass is 10.1. The molecule has 0 aromatic heterocycles. The van der Waals surface area contributed by atoms with E-state index in [4.69, 9.17) is 10.5 Å². The Morgan fingerprint density at radius 1 is 1.40 bits per heavy atom. The number of carbonyl (C=O) groups is 1. The number of hydrogen-bond acceptors (Lipinski definition) is 4. The summed E-state index contributed by atoms with van der Waals surface area (Å²) in [5.74, 6) is 0. The lowest BCUT2D eigenvalue weighted by molar-refractivity contribution is -0.00261. The number of rotatable bonds is 4. The molecule has 1 aliphatic heterocycles. The number of ether oxygens (including phenoxy) is 1. The topological polar surface area (TPSA) is 58.8 Å². The first kappa shape index (κ1) is 17.2. The molecule has 2 N–H and O–H groups in total. The van der Waals surface area contributed by atoms with Gasteiger partial charge < -0.3 is 15.4 Å². The summed E-state index contributed by atoms with van der Waals surface area (Å²) in [6.07, 6.45) is 2.12. The zero-order valence-electron chi connectivity index (χ0n) is 13.7. The molecule has 5 heteroatoms. The Labute approximate surface area is 123 Å². The Bertz CT molecular complexity index is 315. The summed E-state index contributed by atoms with van der Waals surface area (Å²) in [6, 6.07) is 0.757. The van der Waals surface area contributed by atoms with Crippen LogP contribution >= 0.6 is 0 Å². The van der Waals surface area contributed by atoms with E-state index in [0.29, 0.717) is 19.1 Å². The molecule has 1 heterocycles. The average Bonchev–Trinajstić information content (AvgIpc) is 2.36. The Morgan fingerprint density at radius 2 is 2.05 bits per heavy atom. The number of hydrogen-bond donors (Lipinski definition) is 1. The van der Waals surface area contributed by atoms with E-state index in [-0.39, 0.29) is 12.1 Å². The van der Waals surface area contributed by atoms with Crippen molar-refractivity contribution in [3.63, 3.8) is 0 Å². The number of nitrogens with two attached hydrogens (primary N) is 1. The van der Waals surface area contributed by atoms with Crippen LogP contribution in [0.2, 0.25) is 0 Å². The van der Waals surface area contributed by atoms with Gasteiger partial charge in [0.2, 0.25) is 0 Å². The minimum Gasteiger partial charge on any atom is -0.444 e. The standard InChI is InChI=1S/C15H31N3O2/c1-6-7-12(2)18-9-8-17(11-13(18)10-16)14(19)20-15(3,4)5/h12-13H,6-11,16H2,1-5H3. The highest BCUT2D eigenvalue weighted by atomic mass is 16.6. The summed E-state index contributed by atoms with van der Waals surface area (Å²) in [6.45, 7) is 13.0. The molecule has 0 bridgehead atoms. The van der Waals surface area contributed by atoms with Gasteiger partial charge in [-0.1, -0.05) is 13.3 Å². The van der Waals surface area contributed by atoms with Crippen LogP contribution in [-0.4, -0.2) is 59.8 Å². The monoisotopic (exact) mass is 285 g/mol. The average molecular weight is 285 g/mol. The van der Waals surface area contributed by atoms with Crippen LogP contribution in [-0.2, 0) is 4.74 Å². The predicted molar refractivity (Wildman–Crippen MR) is 81.7 cm³/mol. The summed E-state index contributed by atoms with van der Waals surface area (Å²) in [5, 5.41) is 0. The fraction of sp³-hybridized carbons (Fsp3) is 0.933. The van der Waals surface area contributed by atoms with Gasteiger partial charge in [-0.2, -0.15) is 0 Å². The molecular formula is C15H31N3O2. The zero-order chi connectivity index (χ0) is 15.3. The van der Waals surface area contributed by atoms with Crippen LogP contribution in [0.3, 0.4) is 0 Å². The van der Waals surface area contributed by atoms with Gasteiger partial charge in [0.25, 0.3) is 0 Å². The highest BCUT2D eigenvalue weighted by Crippen LogP contribution is 2.18. The largest absolute Gasteiger partial charge is 0.444 e. The molecule has 20 heavy (non-hydrogen) atoms. The summed E-state index contributed by atoms with van der Waals surface area (Å²) in [4.78, 5) is 16.3. The number of carbonyl (C=O) groups excluding carboxylic acids is 1. The number of amides is 1. The molecule has 2 atom stereocenters. The van der Waals surface area contributed by atoms with Crippen molar-refractivity contribution in [1.29, 1.82) is 0 Å². The smallest absolute Gasteiger partial charge is 0.410 e. The normalized spacial score (nSPS) is 22.7. The van der Waals surface area contributed by atoms with Crippen molar-refractivity contribution in [2.75, 3.05) is 26.2 Å². The third-order valence-electron chi connectivity index (χ3n) is 3.72. The Morgan fingerprint density at radius 3 is 2.55 bits per heavy atom. The van der Waals surface area contributed by atoms with Crippen LogP contribution in [0.15, 0.2) is 0 Å². The molecule has 1 saturated heterocycles. The van der Waals surface area contributed by atoms with Crippen LogP contribution in [0.4, 0.5) is 4.79 Å². The summed E-state index contributed by atoms with van der Waals surface area (Å²) in [7, 11) is 0. The van der Waals surface area contributed by atoms with Gasteiger partial charge in [-0.15, -0.1) is 0 Å². The SMILES string of the molecule is CCCC(C)N1CCN(C(=O)OC(C)(C)C)CC1CN. The Kier molecular flexibility index (Phi) is 6.27. The van der Waals surface area contributed by atoms with Gasteiger partial charge >= 0.3 is 6.09 Å². The maximum atomic E-state index is 12.1. The van der Waals surface area contributed by atoms with Crippen molar-refractivity contribution in [1.82, 2.24) is 9.80 Å². The van der Waals surface area contributed by atoms with E-state index in [2.05, 4.69) is 18.7 Å². The third-order valence-corrected chi connectivity index (χ3v) is 3.72. The summed E-state index contributed by atoms with van der Waals surface area (Å²) < 4.78 is 5.44. The van der Waals surface area contributed by atoms with Gasteiger partial charge in [0.1, 0.15) is 5.60 Å². The molecule has 0 aromatic carbocycles. The van der Waals surface area contributed by atoms with Crippen molar-refractivity contribution in [2.45, 2.75) is 65.1 Å². The van der Waals surface area contributed by atoms with Gasteiger partial charge in [-0.3, -0.25) is 4.90 Å². The van der Waals surface area contributed by atoms with Gasteiger partial charge in [0, 0.05) is 38.3 Å². The van der Waals surface area contributed by atoms with Crippen LogP contribution in [0.5, 0.6) is 0 Å². The molecular weight excluding hydrogens is 254 g/mol. The summed E-state index contributed by atoms with van der Waals surface area (Å²) in [5.41, 5.74) is 5.45. The van der Waals surface area contributed by atoms with Gasteiger partial charge in [0.05, 0.1) is 0 Å². The second kappa shape index (κ2) is 7.27. The third kappa shape index (κ3) is 4.94. The van der Waals surface area contributed by atoms with Crippen molar-refractivity contribution >= 4 is 6.09 Å². The second-order valence-corrected chi connectivity index (χ2v) is 6.69. The van der Waals surface area contributed by atoms with Crippen LogP contribution < -0.4 is 5.73 Å². The highest BCUT2D eigenvalue weighted by Gasteiger charge is 2.32. The predicted octanol–water partition coefficient (Wildman–Crippen LogP) is 2.06. The number of piperazine rings is 1. The quantitative estimate of drug-likeness (QED) is 0.859. The Balaban J connectivity index is 2.60. The van der Waals surface area contributed by atoms with E-state index < -0.39 is 5.60 Å². The van der Waals surface area contributed by atoms with E-state index in [1.165, 1.54) is 12.8 Å². The molecule has 0 spiro atoms. The first-order valence-corrected chi connectivity index (χ1v) is 7.72. The van der Waals surface area contributed by atoms with Crippen molar-refractivity contribution in [3.8, 4) is 0 Å². The zero-order valence-corrected chi connectivity index (χ0v) is 13.7. The minimum atomic E-state index is -0.443. The highest BCUT2D eigenvalue weighted by molar-refractivity contribution is 5.68. The van der Waals surface area contributed by atoms with Crippen LogP contribution in [0.1, 0.15) is 47.5 Å². The van der Waals surface area contributed by atoms with Gasteiger partial charge in [0.15, 0.2) is 0 Å². The molecule has 0 radical (unpaired) electrons. The number of nitrogens with zero attached hydrogens (tertiary/aromatic N) is 2. The molecule has 1 aliphatic rings. The van der Waals surface area contributed by atoms with E-state index in [0.717, 1.165) is 13.1 Å². The van der Waals surface area contributed by atoms with Crippen LogP contribution in [0, 0.1) is 0 Å². The maximum Gasteiger partial charge on any atom is 0.410 e. The fourth-order valence-corrected chi connectivity index (χ4v) is 2.74. The first-order chi connectivity index (χ1) is 9.28. The first-order valence-electron chi connectivity index (χ1n) is 7.72. The van der Waals surface area contributed by atoms with Crippen molar-refractivity contribution in [3.05, 3.63) is 0 Å².